The van der Waals surface area contributed by atoms with Crippen LogP contribution in [0.3, 0.4) is 0 Å². The Morgan fingerprint density at radius 3 is 2.50 bits per heavy atom. The Morgan fingerprint density at radius 2 is 1.90 bits per heavy atom. The third-order valence-corrected chi connectivity index (χ3v) is 3.77. The Morgan fingerprint density at radius 1 is 1.10 bits per heavy atom. The van der Waals surface area contributed by atoms with Gasteiger partial charge in [-0.25, -0.2) is 0 Å². The van der Waals surface area contributed by atoms with Crippen LogP contribution in [-0.2, 0) is 6.42 Å². The summed E-state index contributed by atoms with van der Waals surface area (Å²) in [4.78, 5) is 0. The molecule has 2 aromatic carbocycles. The van der Waals surface area contributed by atoms with Crippen LogP contribution in [0.25, 0.3) is 0 Å². The summed E-state index contributed by atoms with van der Waals surface area (Å²) in [5.41, 5.74) is 11.2. The van der Waals surface area contributed by atoms with E-state index in [1.807, 2.05) is 6.07 Å². The minimum absolute atomic E-state index is 0.350. The monoisotopic (exact) mass is 269 g/mol. The molecule has 0 spiro atoms. The molecular weight excluding hydrogens is 246 g/mol. The van der Waals surface area contributed by atoms with Crippen LogP contribution in [0.5, 0.6) is 5.75 Å². The maximum atomic E-state index is 6.00. The van der Waals surface area contributed by atoms with Crippen LogP contribution in [0.2, 0.25) is 0 Å². The molecule has 0 bridgehead atoms. The van der Waals surface area contributed by atoms with Crippen molar-refractivity contribution in [1.82, 2.24) is 0 Å². The van der Waals surface area contributed by atoms with Crippen molar-refractivity contribution in [3.8, 4) is 5.75 Å². The zero-order chi connectivity index (χ0) is 14.5. The SMILES string of the molecule is COc1ccc(C(CN)Cc2cccc(C)c2)c(C)c1. The molecule has 0 saturated heterocycles. The van der Waals surface area contributed by atoms with Crippen molar-refractivity contribution in [2.75, 3.05) is 13.7 Å². The summed E-state index contributed by atoms with van der Waals surface area (Å²) in [6.45, 7) is 4.90. The van der Waals surface area contributed by atoms with Crippen LogP contribution in [0, 0.1) is 13.8 Å². The van der Waals surface area contributed by atoms with Gasteiger partial charge in [0.15, 0.2) is 0 Å². The highest BCUT2D eigenvalue weighted by molar-refractivity contribution is 5.38. The first kappa shape index (κ1) is 14.6. The number of methoxy groups -OCH3 is 1. The second-order valence-electron chi connectivity index (χ2n) is 5.35. The molecule has 20 heavy (non-hydrogen) atoms. The molecule has 0 radical (unpaired) electrons. The third kappa shape index (κ3) is 3.40. The Hall–Kier alpha value is -1.80. The maximum Gasteiger partial charge on any atom is 0.119 e. The molecule has 1 unspecified atom stereocenters. The minimum atomic E-state index is 0.350. The molecule has 0 aromatic heterocycles. The highest BCUT2D eigenvalue weighted by Crippen LogP contribution is 2.26. The normalized spacial score (nSPS) is 12.2. The average Bonchev–Trinajstić information content (AvgIpc) is 2.45. The quantitative estimate of drug-likeness (QED) is 0.900. The van der Waals surface area contributed by atoms with E-state index >= 15 is 0 Å². The molecule has 2 aromatic rings. The van der Waals surface area contributed by atoms with E-state index in [4.69, 9.17) is 10.5 Å². The van der Waals surface area contributed by atoms with Gasteiger partial charge in [0.1, 0.15) is 5.75 Å². The number of ether oxygens (including phenoxy) is 1. The molecule has 2 heteroatoms. The Labute approximate surface area is 121 Å². The van der Waals surface area contributed by atoms with Crippen molar-refractivity contribution < 1.29 is 4.74 Å². The number of hydrogen-bond donors (Lipinski definition) is 1. The Balaban J connectivity index is 2.24. The first-order valence-electron chi connectivity index (χ1n) is 7.04. The topological polar surface area (TPSA) is 35.2 Å². The van der Waals surface area contributed by atoms with E-state index in [0.717, 1.165) is 12.2 Å². The van der Waals surface area contributed by atoms with Gasteiger partial charge in [-0.3, -0.25) is 0 Å². The highest BCUT2D eigenvalue weighted by Gasteiger charge is 2.13. The lowest BCUT2D eigenvalue weighted by molar-refractivity contribution is 0.414. The molecule has 2 nitrogen and oxygen atoms in total. The van der Waals surface area contributed by atoms with E-state index in [2.05, 4.69) is 50.2 Å². The lowest BCUT2D eigenvalue weighted by atomic mass is 9.89. The largest absolute Gasteiger partial charge is 0.497 e. The number of aryl methyl sites for hydroxylation is 2. The van der Waals surface area contributed by atoms with Crippen LogP contribution >= 0.6 is 0 Å². The van der Waals surface area contributed by atoms with Gasteiger partial charge in [-0.05, 0) is 55.6 Å². The van der Waals surface area contributed by atoms with Crippen LogP contribution in [0.15, 0.2) is 42.5 Å². The fraction of sp³-hybridized carbons (Fsp3) is 0.333. The molecule has 0 fully saturated rings. The Bertz CT molecular complexity index is 577. The predicted octanol–water partition coefficient (Wildman–Crippen LogP) is 3.60. The summed E-state index contributed by atoms with van der Waals surface area (Å²) in [6, 6.07) is 14.9. The van der Waals surface area contributed by atoms with Gasteiger partial charge in [-0.1, -0.05) is 35.9 Å². The molecule has 0 heterocycles. The second kappa shape index (κ2) is 6.58. The smallest absolute Gasteiger partial charge is 0.119 e. The third-order valence-electron chi connectivity index (χ3n) is 3.77. The van der Waals surface area contributed by atoms with Gasteiger partial charge in [0.25, 0.3) is 0 Å². The summed E-state index contributed by atoms with van der Waals surface area (Å²) in [5.74, 6) is 1.25. The lowest BCUT2D eigenvalue weighted by Crippen LogP contribution is -2.16. The number of hydrogen-bond acceptors (Lipinski definition) is 2. The van der Waals surface area contributed by atoms with Gasteiger partial charge in [0, 0.05) is 5.92 Å². The van der Waals surface area contributed by atoms with Crippen LogP contribution in [0.1, 0.15) is 28.2 Å². The molecule has 2 N–H and O–H groups in total. The first-order valence-corrected chi connectivity index (χ1v) is 7.04. The van der Waals surface area contributed by atoms with Gasteiger partial charge in [-0.2, -0.15) is 0 Å². The number of nitrogens with two attached hydrogens (primary N) is 1. The van der Waals surface area contributed by atoms with Crippen LogP contribution < -0.4 is 10.5 Å². The molecule has 0 aliphatic heterocycles. The van der Waals surface area contributed by atoms with Crippen LogP contribution in [-0.4, -0.2) is 13.7 Å². The van der Waals surface area contributed by atoms with E-state index in [9.17, 15) is 0 Å². The lowest BCUT2D eigenvalue weighted by Gasteiger charge is -2.18. The summed E-state index contributed by atoms with van der Waals surface area (Å²) in [7, 11) is 1.70. The van der Waals surface area contributed by atoms with E-state index in [1.165, 1.54) is 22.3 Å². The van der Waals surface area contributed by atoms with Crippen molar-refractivity contribution in [2.24, 2.45) is 5.73 Å². The summed E-state index contributed by atoms with van der Waals surface area (Å²) < 4.78 is 5.27. The van der Waals surface area contributed by atoms with Crippen LogP contribution in [0.4, 0.5) is 0 Å². The highest BCUT2D eigenvalue weighted by atomic mass is 16.5. The van der Waals surface area contributed by atoms with E-state index in [-0.39, 0.29) is 0 Å². The molecule has 0 aliphatic carbocycles. The van der Waals surface area contributed by atoms with Gasteiger partial charge in [-0.15, -0.1) is 0 Å². The van der Waals surface area contributed by atoms with Crippen molar-refractivity contribution in [2.45, 2.75) is 26.2 Å². The second-order valence-corrected chi connectivity index (χ2v) is 5.35. The summed E-state index contributed by atoms with van der Waals surface area (Å²) in [6.07, 6.45) is 0.978. The molecule has 0 aliphatic rings. The van der Waals surface area contributed by atoms with Gasteiger partial charge in [0.2, 0.25) is 0 Å². The summed E-state index contributed by atoms with van der Waals surface area (Å²) >= 11 is 0. The van der Waals surface area contributed by atoms with E-state index < -0.39 is 0 Å². The molecular formula is C18H23NO. The van der Waals surface area contributed by atoms with Gasteiger partial charge < -0.3 is 10.5 Å². The molecule has 1 atom stereocenters. The Kier molecular flexibility index (Phi) is 4.80. The fourth-order valence-corrected chi connectivity index (χ4v) is 2.68. The number of benzene rings is 2. The molecule has 106 valence electrons. The van der Waals surface area contributed by atoms with Gasteiger partial charge in [0.05, 0.1) is 7.11 Å². The van der Waals surface area contributed by atoms with Crippen molar-refractivity contribution >= 4 is 0 Å². The zero-order valence-electron chi connectivity index (χ0n) is 12.5. The first-order chi connectivity index (χ1) is 9.63. The van der Waals surface area contributed by atoms with E-state index in [1.54, 1.807) is 7.11 Å². The molecule has 0 amide bonds. The molecule has 2 rings (SSSR count). The number of rotatable bonds is 5. The maximum absolute atomic E-state index is 6.00. The fourth-order valence-electron chi connectivity index (χ4n) is 2.68. The summed E-state index contributed by atoms with van der Waals surface area (Å²) in [5, 5.41) is 0. The average molecular weight is 269 g/mol. The minimum Gasteiger partial charge on any atom is -0.497 e. The van der Waals surface area contributed by atoms with Crippen molar-refractivity contribution in [3.63, 3.8) is 0 Å². The van der Waals surface area contributed by atoms with Gasteiger partial charge >= 0.3 is 0 Å². The molecule has 0 saturated carbocycles. The standard InChI is InChI=1S/C18H23NO/c1-13-5-4-6-15(9-13)11-16(12-19)18-8-7-17(20-3)10-14(18)2/h4-10,16H,11-12,19H2,1-3H3. The zero-order valence-corrected chi connectivity index (χ0v) is 12.5. The predicted molar refractivity (Wildman–Crippen MR) is 84.4 cm³/mol. The van der Waals surface area contributed by atoms with E-state index in [0.29, 0.717) is 12.5 Å². The van der Waals surface area contributed by atoms with Crippen molar-refractivity contribution in [1.29, 1.82) is 0 Å². The van der Waals surface area contributed by atoms with Crippen molar-refractivity contribution in [3.05, 3.63) is 64.7 Å².